The summed E-state index contributed by atoms with van der Waals surface area (Å²) in [5.74, 6) is -0.599. The van der Waals surface area contributed by atoms with E-state index in [4.69, 9.17) is 22.1 Å². The third-order valence-electron chi connectivity index (χ3n) is 4.03. The molecule has 0 aromatic heterocycles. The number of hydrogen-bond acceptors (Lipinski definition) is 4. The van der Waals surface area contributed by atoms with Crippen molar-refractivity contribution in [2.45, 2.75) is 19.5 Å². The third kappa shape index (κ3) is 5.79. The summed E-state index contributed by atoms with van der Waals surface area (Å²) in [6.45, 7) is 3.01. The minimum absolute atomic E-state index is 0.103. The fraction of sp³-hybridized carbons (Fsp3) is 0.300. The van der Waals surface area contributed by atoms with E-state index in [1.54, 1.807) is 23.1 Å². The topological polar surface area (TPSA) is 84.7 Å². The lowest BCUT2D eigenvalue weighted by Crippen LogP contribution is -2.39. The van der Waals surface area contributed by atoms with E-state index < -0.39 is 11.9 Å². The van der Waals surface area contributed by atoms with Gasteiger partial charge in [-0.15, -0.1) is 0 Å². The van der Waals surface area contributed by atoms with Crippen molar-refractivity contribution in [2.24, 2.45) is 5.73 Å². The van der Waals surface area contributed by atoms with Gasteiger partial charge in [0.2, 0.25) is 5.91 Å². The number of amides is 2. The van der Waals surface area contributed by atoms with E-state index in [2.05, 4.69) is 5.32 Å². The van der Waals surface area contributed by atoms with Gasteiger partial charge in [-0.1, -0.05) is 41.9 Å². The SMILES string of the molecule is CCN(Cc1ccccc1)C(=O)c1cc(NC(=O)C(N)COC)ccc1Cl. The van der Waals surface area contributed by atoms with Gasteiger partial charge in [-0.25, -0.2) is 0 Å². The number of rotatable bonds is 8. The smallest absolute Gasteiger partial charge is 0.255 e. The molecule has 1 atom stereocenters. The molecular formula is C20H24ClN3O3. The van der Waals surface area contributed by atoms with Crippen LogP contribution >= 0.6 is 11.6 Å². The van der Waals surface area contributed by atoms with Crippen molar-refractivity contribution in [3.8, 4) is 0 Å². The first-order valence-corrected chi connectivity index (χ1v) is 9.02. The Hall–Kier alpha value is -2.41. The molecule has 0 spiro atoms. The van der Waals surface area contributed by atoms with E-state index in [0.29, 0.717) is 29.4 Å². The second kappa shape index (κ2) is 10.1. The first-order valence-electron chi connectivity index (χ1n) is 8.64. The average molecular weight is 390 g/mol. The van der Waals surface area contributed by atoms with Crippen molar-refractivity contribution in [3.05, 3.63) is 64.7 Å². The standard InChI is InChI=1S/C20H24ClN3O3/c1-3-24(12-14-7-5-4-6-8-14)20(26)16-11-15(9-10-17(16)21)23-19(25)18(22)13-27-2/h4-11,18H,3,12-13,22H2,1-2H3,(H,23,25). The van der Waals surface area contributed by atoms with Crippen LogP contribution in [0.25, 0.3) is 0 Å². The quantitative estimate of drug-likeness (QED) is 0.727. The van der Waals surface area contributed by atoms with Gasteiger partial charge in [0.25, 0.3) is 5.91 Å². The number of ether oxygens (including phenoxy) is 1. The summed E-state index contributed by atoms with van der Waals surface area (Å²) >= 11 is 6.24. The fourth-order valence-corrected chi connectivity index (χ4v) is 2.76. The van der Waals surface area contributed by atoms with Gasteiger partial charge in [-0.2, -0.15) is 0 Å². The zero-order valence-corrected chi connectivity index (χ0v) is 16.2. The van der Waals surface area contributed by atoms with E-state index in [-0.39, 0.29) is 12.5 Å². The highest BCUT2D eigenvalue weighted by Gasteiger charge is 2.19. The molecule has 6 nitrogen and oxygen atoms in total. The van der Waals surface area contributed by atoms with Gasteiger partial charge in [0.1, 0.15) is 6.04 Å². The molecule has 0 saturated heterocycles. The van der Waals surface area contributed by atoms with Crippen LogP contribution in [0.4, 0.5) is 5.69 Å². The number of methoxy groups -OCH3 is 1. The maximum absolute atomic E-state index is 13.0. The summed E-state index contributed by atoms with van der Waals surface area (Å²) in [5, 5.41) is 3.01. The van der Waals surface area contributed by atoms with E-state index >= 15 is 0 Å². The molecule has 7 heteroatoms. The molecule has 3 N–H and O–H groups in total. The van der Waals surface area contributed by atoms with Crippen molar-refractivity contribution in [1.82, 2.24) is 4.90 Å². The lowest BCUT2D eigenvalue weighted by atomic mass is 10.1. The first kappa shape index (κ1) is 20.9. The molecule has 0 aliphatic heterocycles. The van der Waals surface area contributed by atoms with Gasteiger partial charge < -0.3 is 20.7 Å². The Morgan fingerprint density at radius 2 is 1.93 bits per heavy atom. The first-order chi connectivity index (χ1) is 13.0. The van der Waals surface area contributed by atoms with E-state index in [9.17, 15) is 9.59 Å². The molecule has 2 rings (SSSR count). The Morgan fingerprint density at radius 3 is 2.56 bits per heavy atom. The number of anilines is 1. The van der Waals surface area contributed by atoms with Crippen LogP contribution in [0.15, 0.2) is 48.5 Å². The van der Waals surface area contributed by atoms with Crippen molar-refractivity contribution < 1.29 is 14.3 Å². The summed E-state index contributed by atoms with van der Waals surface area (Å²) in [6, 6.07) is 13.7. The molecule has 2 amide bonds. The number of nitrogens with one attached hydrogen (secondary N) is 1. The van der Waals surface area contributed by atoms with Crippen LogP contribution in [0.5, 0.6) is 0 Å². The van der Waals surface area contributed by atoms with E-state index in [1.807, 2.05) is 37.3 Å². The molecular weight excluding hydrogens is 366 g/mol. The summed E-state index contributed by atoms with van der Waals surface area (Å²) in [6.07, 6.45) is 0. The number of halogens is 1. The number of carbonyl (C=O) groups excluding carboxylic acids is 2. The maximum Gasteiger partial charge on any atom is 0.255 e. The monoisotopic (exact) mass is 389 g/mol. The molecule has 0 bridgehead atoms. The largest absolute Gasteiger partial charge is 0.383 e. The zero-order chi connectivity index (χ0) is 19.8. The Bertz CT molecular complexity index is 783. The highest BCUT2D eigenvalue weighted by atomic mass is 35.5. The van der Waals surface area contributed by atoms with Crippen LogP contribution in [0.3, 0.4) is 0 Å². The molecule has 0 fully saturated rings. The van der Waals surface area contributed by atoms with Gasteiger partial charge in [-0.3, -0.25) is 9.59 Å². The number of carbonyl (C=O) groups is 2. The highest BCUT2D eigenvalue weighted by Crippen LogP contribution is 2.23. The normalized spacial score (nSPS) is 11.7. The van der Waals surface area contributed by atoms with E-state index in [1.165, 1.54) is 7.11 Å². The lowest BCUT2D eigenvalue weighted by molar-refractivity contribution is -0.118. The van der Waals surface area contributed by atoms with Gasteiger partial charge in [0, 0.05) is 25.9 Å². The third-order valence-corrected chi connectivity index (χ3v) is 4.36. The second-order valence-corrected chi connectivity index (χ2v) is 6.46. The van der Waals surface area contributed by atoms with Crippen LogP contribution in [0.2, 0.25) is 5.02 Å². The van der Waals surface area contributed by atoms with Gasteiger partial charge >= 0.3 is 0 Å². The molecule has 0 aliphatic rings. The Morgan fingerprint density at radius 1 is 1.22 bits per heavy atom. The predicted octanol–water partition coefficient (Wildman–Crippen LogP) is 2.91. The van der Waals surface area contributed by atoms with Crippen molar-refractivity contribution in [1.29, 1.82) is 0 Å². The van der Waals surface area contributed by atoms with Crippen LogP contribution < -0.4 is 11.1 Å². The number of nitrogens with two attached hydrogens (primary N) is 1. The molecule has 144 valence electrons. The maximum atomic E-state index is 13.0. The predicted molar refractivity (Wildman–Crippen MR) is 107 cm³/mol. The molecule has 0 heterocycles. The van der Waals surface area contributed by atoms with Gasteiger partial charge in [-0.05, 0) is 30.7 Å². The number of nitrogens with zero attached hydrogens (tertiary/aromatic N) is 1. The molecule has 27 heavy (non-hydrogen) atoms. The second-order valence-electron chi connectivity index (χ2n) is 6.05. The summed E-state index contributed by atoms with van der Waals surface area (Å²) < 4.78 is 4.88. The minimum Gasteiger partial charge on any atom is -0.383 e. The van der Waals surface area contributed by atoms with E-state index in [0.717, 1.165) is 5.56 Å². The van der Waals surface area contributed by atoms with Crippen molar-refractivity contribution in [2.75, 3.05) is 25.6 Å². The zero-order valence-electron chi connectivity index (χ0n) is 15.4. The molecule has 0 radical (unpaired) electrons. The summed E-state index contributed by atoms with van der Waals surface area (Å²) in [4.78, 5) is 26.7. The number of hydrogen-bond donors (Lipinski definition) is 2. The molecule has 2 aromatic carbocycles. The van der Waals surface area contributed by atoms with Crippen LogP contribution in [-0.4, -0.2) is 43.0 Å². The summed E-state index contributed by atoms with van der Waals surface area (Å²) in [7, 11) is 1.47. The Labute approximate surface area is 164 Å². The van der Waals surface area contributed by atoms with Crippen LogP contribution in [-0.2, 0) is 16.1 Å². The van der Waals surface area contributed by atoms with Gasteiger partial charge in [0.05, 0.1) is 17.2 Å². The van der Waals surface area contributed by atoms with Crippen LogP contribution in [0.1, 0.15) is 22.8 Å². The van der Waals surface area contributed by atoms with Crippen molar-refractivity contribution in [3.63, 3.8) is 0 Å². The minimum atomic E-state index is -0.796. The Kier molecular flexibility index (Phi) is 7.79. The fourth-order valence-electron chi connectivity index (χ4n) is 2.56. The molecule has 1 unspecified atom stereocenters. The summed E-state index contributed by atoms with van der Waals surface area (Å²) in [5.41, 5.74) is 7.53. The molecule has 0 saturated carbocycles. The lowest BCUT2D eigenvalue weighted by Gasteiger charge is -2.22. The average Bonchev–Trinajstić information content (AvgIpc) is 2.68. The highest BCUT2D eigenvalue weighted by molar-refractivity contribution is 6.34. The molecule has 0 aliphatic carbocycles. The van der Waals surface area contributed by atoms with Crippen LogP contribution in [0, 0.1) is 0 Å². The van der Waals surface area contributed by atoms with Gasteiger partial charge in [0.15, 0.2) is 0 Å². The number of benzene rings is 2. The molecule has 2 aromatic rings. The van der Waals surface area contributed by atoms with Crippen molar-refractivity contribution >= 4 is 29.1 Å². The Balaban J connectivity index is 2.18.